The highest BCUT2D eigenvalue weighted by atomic mass is 16.5. The van der Waals surface area contributed by atoms with Gasteiger partial charge in [0.15, 0.2) is 0 Å². The lowest BCUT2D eigenvalue weighted by Crippen LogP contribution is -2.29. The van der Waals surface area contributed by atoms with Gasteiger partial charge in [0.25, 0.3) is 5.56 Å². The van der Waals surface area contributed by atoms with Gasteiger partial charge in [0.1, 0.15) is 5.75 Å². The molecule has 0 aliphatic carbocycles. The molecule has 4 nitrogen and oxygen atoms in total. The van der Waals surface area contributed by atoms with Crippen LogP contribution in [0.1, 0.15) is 32.4 Å². The maximum Gasteiger partial charge on any atom is 0.255 e. The van der Waals surface area contributed by atoms with Gasteiger partial charge >= 0.3 is 0 Å². The summed E-state index contributed by atoms with van der Waals surface area (Å²) in [7, 11) is 1.64. The minimum Gasteiger partial charge on any atom is -0.497 e. The molecule has 2 aromatic rings. The molecule has 2 rings (SSSR count). The Kier molecular flexibility index (Phi) is 5.03. The number of ether oxygens (including phenoxy) is 1. The van der Waals surface area contributed by atoms with Crippen LogP contribution in [0.15, 0.2) is 41.2 Å². The van der Waals surface area contributed by atoms with E-state index in [1.807, 2.05) is 47.9 Å². The predicted octanol–water partition coefficient (Wildman–Crippen LogP) is 3.20. The van der Waals surface area contributed by atoms with E-state index < -0.39 is 0 Å². The zero-order valence-electron chi connectivity index (χ0n) is 13.7. The smallest absolute Gasteiger partial charge is 0.255 e. The minimum absolute atomic E-state index is 0.00276. The third kappa shape index (κ3) is 3.39. The molecule has 0 aliphatic rings. The molecule has 1 atom stereocenters. The highest BCUT2D eigenvalue weighted by Gasteiger charge is 2.14. The standard InChI is InChI=1S/C18H24N2O2/c1-12(2)11-20-17(10-9-16(13(3)19)18(20)21)14-5-7-15(22-4)8-6-14/h5-10,12-13H,11,19H2,1-4H3. The fraction of sp³-hybridized carbons (Fsp3) is 0.389. The van der Waals surface area contributed by atoms with Crippen molar-refractivity contribution in [1.29, 1.82) is 0 Å². The normalized spacial score (nSPS) is 12.5. The second-order valence-corrected chi connectivity index (χ2v) is 6.00. The van der Waals surface area contributed by atoms with Crippen molar-refractivity contribution in [2.75, 3.05) is 7.11 Å². The Balaban J connectivity index is 2.58. The Labute approximate surface area is 131 Å². The van der Waals surface area contributed by atoms with Crippen LogP contribution >= 0.6 is 0 Å². The molecule has 1 unspecified atom stereocenters. The first-order chi connectivity index (χ1) is 10.4. The largest absolute Gasteiger partial charge is 0.497 e. The van der Waals surface area contributed by atoms with Gasteiger partial charge in [0.2, 0.25) is 0 Å². The first kappa shape index (κ1) is 16.3. The molecular weight excluding hydrogens is 276 g/mol. The number of hydrogen-bond donors (Lipinski definition) is 1. The molecular formula is C18H24N2O2. The van der Waals surface area contributed by atoms with Crippen LogP contribution in [0.4, 0.5) is 0 Å². The Morgan fingerprint density at radius 2 is 1.73 bits per heavy atom. The molecule has 118 valence electrons. The number of hydrogen-bond acceptors (Lipinski definition) is 3. The number of nitrogens with two attached hydrogens (primary N) is 1. The molecule has 0 spiro atoms. The van der Waals surface area contributed by atoms with E-state index >= 15 is 0 Å². The lowest BCUT2D eigenvalue weighted by Gasteiger charge is -2.18. The number of aromatic nitrogens is 1. The molecule has 0 radical (unpaired) electrons. The summed E-state index contributed by atoms with van der Waals surface area (Å²) in [5.74, 6) is 1.17. The van der Waals surface area contributed by atoms with Gasteiger partial charge in [-0.3, -0.25) is 4.79 Å². The Morgan fingerprint density at radius 1 is 1.09 bits per heavy atom. The van der Waals surface area contributed by atoms with Crippen LogP contribution in [-0.2, 0) is 6.54 Å². The van der Waals surface area contributed by atoms with Crippen molar-refractivity contribution in [2.24, 2.45) is 11.7 Å². The van der Waals surface area contributed by atoms with Crippen LogP contribution in [0, 0.1) is 5.92 Å². The monoisotopic (exact) mass is 300 g/mol. The molecule has 2 N–H and O–H groups in total. The average molecular weight is 300 g/mol. The molecule has 4 heteroatoms. The van der Waals surface area contributed by atoms with Gasteiger partial charge in [-0.25, -0.2) is 0 Å². The van der Waals surface area contributed by atoms with Crippen LogP contribution in [0.25, 0.3) is 11.3 Å². The van der Waals surface area contributed by atoms with E-state index in [1.54, 1.807) is 7.11 Å². The van der Waals surface area contributed by atoms with Crippen LogP contribution in [0.3, 0.4) is 0 Å². The summed E-state index contributed by atoms with van der Waals surface area (Å²) in [4.78, 5) is 12.7. The zero-order chi connectivity index (χ0) is 16.3. The number of benzene rings is 1. The summed E-state index contributed by atoms with van der Waals surface area (Å²) in [5, 5.41) is 0. The molecule has 0 saturated carbocycles. The van der Waals surface area contributed by atoms with E-state index in [4.69, 9.17) is 10.5 Å². The van der Waals surface area contributed by atoms with Gasteiger partial charge in [0, 0.05) is 18.2 Å². The zero-order valence-corrected chi connectivity index (χ0v) is 13.7. The van der Waals surface area contributed by atoms with Gasteiger partial charge < -0.3 is 15.0 Å². The highest BCUT2D eigenvalue weighted by Crippen LogP contribution is 2.23. The van der Waals surface area contributed by atoms with E-state index in [-0.39, 0.29) is 11.6 Å². The molecule has 22 heavy (non-hydrogen) atoms. The summed E-state index contributed by atoms with van der Waals surface area (Å²) >= 11 is 0. The second kappa shape index (κ2) is 6.79. The quantitative estimate of drug-likeness (QED) is 0.922. The van der Waals surface area contributed by atoms with Crippen molar-refractivity contribution in [1.82, 2.24) is 4.57 Å². The van der Waals surface area contributed by atoms with Crippen molar-refractivity contribution in [2.45, 2.75) is 33.4 Å². The van der Waals surface area contributed by atoms with Gasteiger partial charge in [-0.2, -0.15) is 0 Å². The van der Waals surface area contributed by atoms with E-state index in [2.05, 4.69) is 13.8 Å². The van der Waals surface area contributed by atoms with Crippen LogP contribution < -0.4 is 16.0 Å². The predicted molar refractivity (Wildman–Crippen MR) is 90.1 cm³/mol. The van der Waals surface area contributed by atoms with E-state index in [0.717, 1.165) is 17.0 Å². The fourth-order valence-electron chi connectivity index (χ4n) is 2.50. The number of methoxy groups -OCH3 is 1. The van der Waals surface area contributed by atoms with E-state index in [1.165, 1.54) is 0 Å². The third-order valence-corrected chi connectivity index (χ3v) is 3.63. The van der Waals surface area contributed by atoms with Gasteiger partial charge in [-0.1, -0.05) is 13.8 Å². The molecule has 1 heterocycles. The molecule has 0 fully saturated rings. The summed E-state index contributed by atoms with van der Waals surface area (Å²) < 4.78 is 7.01. The van der Waals surface area contributed by atoms with Crippen molar-refractivity contribution < 1.29 is 4.74 Å². The van der Waals surface area contributed by atoms with Gasteiger partial charge in [-0.05, 0) is 54.8 Å². The van der Waals surface area contributed by atoms with E-state index in [0.29, 0.717) is 18.0 Å². The number of pyridine rings is 1. The summed E-state index contributed by atoms with van der Waals surface area (Å²) in [6.07, 6.45) is 0. The maximum absolute atomic E-state index is 12.7. The van der Waals surface area contributed by atoms with Crippen molar-refractivity contribution >= 4 is 0 Å². The Bertz CT molecular complexity index is 685. The van der Waals surface area contributed by atoms with Crippen LogP contribution in [0.5, 0.6) is 5.75 Å². The summed E-state index contributed by atoms with van der Waals surface area (Å²) in [5.41, 5.74) is 8.46. The highest BCUT2D eigenvalue weighted by molar-refractivity contribution is 5.61. The van der Waals surface area contributed by atoms with Crippen LogP contribution in [-0.4, -0.2) is 11.7 Å². The van der Waals surface area contributed by atoms with Crippen LogP contribution in [0.2, 0.25) is 0 Å². The lowest BCUT2D eigenvalue weighted by atomic mass is 10.1. The Morgan fingerprint density at radius 3 is 2.23 bits per heavy atom. The first-order valence-electron chi connectivity index (χ1n) is 7.57. The van der Waals surface area contributed by atoms with Crippen molar-refractivity contribution in [3.63, 3.8) is 0 Å². The number of nitrogens with zero attached hydrogens (tertiary/aromatic N) is 1. The molecule has 0 aliphatic heterocycles. The molecule has 1 aromatic carbocycles. The minimum atomic E-state index is -0.268. The first-order valence-corrected chi connectivity index (χ1v) is 7.57. The van der Waals surface area contributed by atoms with E-state index in [9.17, 15) is 4.79 Å². The fourth-order valence-corrected chi connectivity index (χ4v) is 2.50. The second-order valence-electron chi connectivity index (χ2n) is 6.00. The maximum atomic E-state index is 12.7. The molecule has 0 amide bonds. The Hall–Kier alpha value is -2.07. The topological polar surface area (TPSA) is 57.2 Å². The molecule has 0 saturated heterocycles. The summed E-state index contributed by atoms with van der Waals surface area (Å²) in [6.45, 7) is 6.70. The van der Waals surface area contributed by atoms with Gasteiger partial charge in [-0.15, -0.1) is 0 Å². The SMILES string of the molecule is COc1ccc(-c2ccc(C(C)N)c(=O)n2CC(C)C)cc1. The number of rotatable bonds is 5. The van der Waals surface area contributed by atoms with Gasteiger partial charge in [0.05, 0.1) is 12.8 Å². The lowest BCUT2D eigenvalue weighted by molar-refractivity contribution is 0.415. The molecule has 0 bridgehead atoms. The average Bonchev–Trinajstić information content (AvgIpc) is 2.48. The van der Waals surface area contributed by atoms with Crippen molar-refractivity contribution in [3.05, 3.63) is 52.3 Å². The third-order valence-electron chi connectivity index (χ3n) is 3.63. The van der Waals surface area contributed by atoms with Crippen molar-refractivity contribution in [3.8, 4) is 17.0 Å². The summed E-state index contributed by atoms with van der Waals surface area (Å²) in [6, 6.07) is 11.3. The molecule has 1 aromatic heterocycles.